The van der Waals surface area contributed by atoms with Crippen LogP contribution in [-0.2, 0) is 4.74 Å². The van der Waals surface area contributed by atoms with Crippen LogP contribution < -0.4 is 4.90 Å². The number of rotatable bonds is 1. The highest BCUT2D eigenvalue weighted by atomic mass is 35.5. The van der Waals surface area contributed by atoms with Crippen LogP contribution in [0.25, 0.3) is 10.9 Å². The first-order valence-corrected chi connectivity index (χ1v) is 7.93. The van der Waals surface area contributed by atoms with Crippen LogP contribution in [0, 0.1) is 11.7 Å². The molecule has 0 N–H and O–H groups in total. The van der Waals surface area contributed by atoms with Crippen molar-refractivity contribution in [2.24, 2.45) is 5.92 Å². The van der Waals surface area contributed by atoms with Gasteiger partial charge in [0, 0.05) is 18.7 Å². The lowest BCUT2D eigenvalue weighted by Gasteiger charge is -2.23. The molecule has 0 amide bonds. The molecule has 2 aromatic rings. The van der Waals surface area contributed by atoms with Gasteiger partial charge in [-0.3, -0.25) is 0 Å². The van der Waals surface area contributed by atoms with Crippen LogP contribution in [0.4, 0.5) is 10.2 Å². The minimum absolute atomic E-state index is 0.0193. The lowest BCUT2D eigenvalue weighted by Crippen LogP contribution is -2.31. The molecule has 0 radical (unpaired) electrons. The fourth-order valence-electron chi connectivity index (χ4n) is 2.90. The highest BCUT2D eigenvalue weighted by Gasteiger charge is 2.54. The van der Waals surface area contributed by atoms with E-state index in [4.69, 9.17) is 39.5 Å². The number of anilines is 1. The van der Waals surface area contributed by atoms with Crippen molar-refractivity contribution in [3.05, 3.63) is 22.5 Å². The zero-order valence-electron chi connectivity index (χ0n) is 11.1. The Morgan fingerprint density at radius 2 is 2.14 bits per heavy atom. The maximum Gasteiger partial charge on any atom is 0.225 e. The predicted octanol–water partition coefficient (Wildman–Crippen LogP) is 2.91. The van der Waals surface area contributed by atoms with Gasteiger partial charge in [-0.15, -0.1) is 11.6 Å². The number of hydrogen-bond donors (Lipinski definition) is 0. The third-order valence-corrected chi connectivity index (χ3v) is 5.06. The van der Waals surface area contributed by atoms with Crippen molar-refractivity contribution in [3.8, 4) is 0 Å². The van der Waals surface area contributed by atoms with Gasteiger partial charge in [0.15, 0.2) is 11.0 Å². The molecule has 3 unspecified atom stereocenters. The van der Waals surface area contributed by atoms with E-state index in [-0.39, 0.29) is 33.3 Å². The molecule has 22 heavy (non-hydrogen) atoms. The Labute approximate surface area is 140 Å². The van der Waals surface area contributed by atoms with Crippen molar-refractivity contribution in [2.45, 2.75) is 11.4 Å². The highest BCUT2D eigenvalue weighted by Crippen LogP contribution is 2.45. The van der Waals surface area contributed by atoms with Crippen LogP contribution in [0.2, 0.25) is 10.4 Å². The summed E-state index contributed by atoms with van der Waals surface area (Å²) in [4.78, 5) is 14.1. The number of fused-ring (bicyclic) bond motifs is 2. The van der Waals surface area contributed by atoms with Crippen molar-refractivity contribution in [2.75, 3.05) is 24.7 Å². The van der Waals surface area contributed by atoms with Crippen LogP contribution in [0.5, 0.6) is 0 Å². The van der Waals surface area contributed by atoms with E-state index >= 15 is 0 Å². The topological polar surface area (TPSA) is 51.1 Å². The SMILES string of the molecule is Fc1c(Cl)ncc2c(N3CCOCC4C(Cl)C43)nc(Cl)nc12. The molecule has 1 saturated carbocycles. The standard InChI is InChI=1S/C13H10Cl3FN4O/c14-7-6-4-22-2-1-21(10(6)7)12-5-3-18-11(15)8(17)9(5)19-13(16)20-12/h3,6-7,10H,1-2,4H2. The Morgan fingerprint density at radius 3 is 2.95 bits per heavy atom. The van der Waals surface area contributed by atoms with Crippen molar-refractivity contribution < 1.29 is 9.13 Å². The molecule has 3 atom stereocenters. The maximum atomic E-state index is 14.2. The van der Waals surface area contributed by atoms with Crippen LogP contribution in [0.3, 0.4) is 0 Å². The largest absolute Gasteiger partial charge is 0.379 e. The number of pyridine rings is 1. The first kappa shape index (κ1) is 14.6. The molecule has 9 heteroatoms. The molecule has 116 valence electrons. The van der Waals surface area contributed by atoms with Crippen LogP contribution in [0.1, 0.15) is 0 Å². The van der Waals surface area contributed by atoms with Gasteiger partial charge in [-0.2, -0.15) is 4.98 Å². The van der Waals surface area contributed by atoms with Crippen molar-refractivity contribution >= 4 is 51.5 Å². The summed E-state index contributed by atoms with van der Waals surface area (Å²) in [5.41, 5.74) is 0.0588. The third-order valence-electron chi connectivity index (χ3n) is 4.05. The van der Waals surface area contributed by atoms with E-state index in [0.29, 0.717) is 31.0 Å². The fraction of sp³-hybridized carbons (Fsp3) is 0.462. The lowest BCUT2D eigenvalue weighted by molar-refractivity contribution is 0.139. The van der Waals surface area contributed by atoms with E-state index in [2.05, 4.69) is 15.0 Å². The maximum absolute atomic E-state index is 14.2. The second-order valence-electron chi connectivity index (χ2n) is 5.31. The van der Waals surface area contributed by atoms with E-state index in [1.54, 1.807) is 0 Å². The zero-order chi connectivity index (χ0) is 15.4. The molecule has 5 nitrogen and oxygen atoms in total. The Kier molecular flexibility index (Phi) is 3.52. The van der Waals surface area contributed by atoms with E-state index < -0.39 is 5.82 Å². The van der Waals surface area contributed by atoms with Gasteiger partial charge in [-0.1, -0.05) is 11.6 Å². The normalized spacial score (nSPS) is 27.6. The minimum atomic E-state index is -0.703. The quantitative estimate of drug-likeness (QED) is 0.443. The summed E-state index contributed by atoms with van der Waals surface area (Å²) in [5, 5.41) is 0.154. The Balaban J connectivity index is 1.89. The minimum Gasteiger partial charge on any atom is -0.379 e. The van der Waals surface area contributed by atoms with Crippen LogP contribution in [0.15, 0.2) is 6.20 Å². The van der Waals surface area contributed by atoms with Gasteiger partial charge in [0.05, 0.1) is 30.0 Å². The molecule has 1 aliphatic heterocycles. The molecule has 2 fully saturated rings. The second kappa shape index (κ2) is 5.30. The summed E-state index contributed by atoms with van der Waals surface area (Å²) in [6, 6.07) is 0.0945. The Morgan fingerprint density at radius 1 is 1.32 bits per heavy atom. The van der Waals surface area contributed by atoms with Gasteiger partial charge >= 0.3 is 0 Å². The summed E-state index contributed by atoms with van der Waals surface area (Å²) >= 11 is 18.0. The molecule has 0 spiro atoms. The van der Waals surface area contributed by atoms with E-state index in [9.17, 15) is 4.39 Å². The van der Waals surface area contributed by atoms with E-state index in [1.807, 2.05) is 4.90 Å². The molecule has 2 aliphatic rings. The molecular weight excluding hydrogens is 354 g/mol. The summed E-state index contributed by atoms with van der Waals surface area (Å²) in [5.74, 6) is 0.0466. The average Bonchev–Trinajstić information content (AvgIpc) is 3.18. The average molecular weight is 364 g/mol. The molecule has 3 heterocycles. The lowest BCUT2D eigenvalue weighted by atomic mass is 10.2. The van der Waals surface area contributed by atoms with E-state index in [1.165, 1.54) is 6.20 Å². The van der Waals surface area contributed by atoms with Crippen LogP contribution >= 0.6 is 34.8 Å². The molecule has 4 rings (SSSR count). The smallest absolute Gasteiger partial charge is 0.225 e. The Hall–Kier alpha value is -0.950. The first-order valence-electron chi connectivity index (χ1n) is 6.73. The number of nitrogens with zero attached hydrogens (tertiary/aromatic N) is 4. The highest BCUT2D eigenvalue weighted by molar-refractivity contribution is 6.31. The van der Waals surface area contributed by atoms with Gasteiger partial charge in [0.2, 0.25) is 5.28 Å². The monoisotopic (exact) mass is 362 g/mol. The fourth-order valence-corrected chi connectivity index (χ4v) is 3.66. The van der Waals surface area contributed by atoms with Gasteiger partial charge in [-0.05, 0) is 11.6 Å². The third kappa shape index (κ3) is 2.21. The molecule has 2 aromatic heterocycles. The predicted molar refractivity (Wildman–Crippen MR) is 82.4 cm³/mol. The number of halogens is 4. The van der Waals surface area contributed by atoms with Crippen LogP contribution in [-0.4, -0.2) is 46.1 Å². The van der Waals surface area contributed by atoms with Crippen molar-refractivity contribution in [3.63, 3.8) is 0 Å². The summed E-state index contributed by atoms with van der Waals surface area (Å²) < 4.78 is 19.7. The van der Waals surface area contributed by atoms with Gasteiger partial charge in [0.1, 0.15) is 11.3 Å². The number of ether oxygens (including phenoxy) is 1. The number of aromatic nitrogens is 3. The van der Waals surface area contributed by atoms with Crippen molar-refractivity contribution in [1.29, 1.82) is 0 Å². The first-order chi connectivity index (χ1) is 10.6. The van der Waals surface area contributed by atoms with Gasteiger partial charge in [0.25, 0.3) is 0 Å². The summed E-state index contributed by atoms with van der Waals surface area (Å²) in [7, 11) is 0. The van der Waals surface area contributed by atoms with Gasteiger partial charge < -0.3 is 9.64 Å². The summed E-state index contributed by atoms with van der Waals surface area (Å²) in [6.45, 7) is 1.75. The second-order valence-corrected chi connectivity index (χ2v) is 6.51. The zero-order valence-corrected chi connectivity index (χ0v) is 13.4. The summed E-state index contributed by atoms with van der Waals surface area (Å²) in [6.07, 6.45) is 1.46. The molecule has 0 aromatic carbocycles. The van der Waals surface area contributed by atoms with E-state index in [0.717, 1.165) is 0 Å². The number of alkyl halides is 1. The Bertz CT molecular complexity index is 762. The molecule has 0 bridgehead atoms. The van der Waals surface area contributed by atoms with Gasteiger partial charge in [-0.25, -0.2) is 14.4 Å². The number of hydrogen-bond acceptors (Lipinski definition) is 5. The molecule has 1 aliphatic carbocycles. The van der Waals surface area contributed by atoms with Crippen molar-refractivity contribution in [1.82, 2.24) is 15.0 Å². The molecular formula is C13H10Cl3FN4O. The molecule has 1 saturated heterocycles.